The van der Waals surface area contributed by atoms with Gasteiger partial charge in [0.05, 0.1) is 22.4 Å². The van der Waals surface area contributed by atoms with E-state index in [1.165, 1.54) is 16.3 Å². The third-order valence-electron chi connectivity index (χ3n) is 4.75. The van der Waals surface area contributed by atoms with Crippen LogP contribution < -0.4 is 5.32 Å². The molecule has 0 radical (unpaired) electrons. The minimum Gasteiger partial charge on any atom is -0.339 e. The van der Waals surface area contributed by atoms with E-state index in [0.717, 1.165) is 28.1 Å². The third kappa shape index (κ3) is 2.25. The van der Waals surface area contributed by atoms with E-state index in [9.17, 15) is 0 Å². The van der Waals surface area contributed by atoms with Crippen molar-refractivity contribution < 1.29 is 0 Å². The van der Waals surface area contributed by atoms with Gasteiger partial charge in [-0.25, -0.2) is 4.98 Å². The highest BCUT2D eigenvalue weighted by molar-refractivity contribution is 6.33. The van der Waals surface area contributed by atoms with Gasteiger partial charge >= 0.3 is 0 Å². The van der Waals surface area contributed by atoms with Crippen molar-refractivity contribution in [3.63, 3.8) is 0 Å². The van der Waals surface area contributed by atoms with Crippen molar-refractivity contribution in [1.82, 2.24) is 9.38 Å². The van der Waals surface area contributed by atoms with Gasteiger partial charge in [-0.2, -0.15) is 0 Å². The number of imidazole rings is 1. The fourth-order valence-electron chi connectivity index (χ4n) is 3.55. The highest BCUT2D eigenvalue weighted by Gasteiger charge is 2.13. The first kappa shape index (κ1) is 15.2. The Hall–Kier alpha value is -3.04. The topological polar surface area (TPSA) is 29.3 Å². The van der Waals surface area contributed by atoms with Crippen LogP contribution in [-0.2, 0) is 0 Å². The molecule has 0 bridgehead atoms. The number of aromatic nitrogens is 2. The Bertz CT molecular complexity index is 1290. The SMILES string of the molecule is Cc1ccc2c(c1)c1ccccc1c1ncc(Nc3ccccc3Cl)n21. The number of pyridine rings is 1. The van der Waals surface area contributed by atoms with E-state index in [-0.39, 0.29) is 0 Å². The maximum atomic E-state index is 6.33. The summed E-state index contributed by atoms with van der Waals surface area (Å²) in [6.07, 6.45) is 1.87. The Kier molecular flexibility index (Phi) is 3.37. The van der Waals surface area contributed by atoms with Gasteiger partial charge in [-0.1, -0.05) is 59.6 Å². The number of hydrogen-bond donors (Lipinski definition) is 1. The highest BCUT2D eigenvalue weighted by Crippen LogP contribution is 2.33. The van der Waals surface area contributed by atoms with Gasteiger partial charge in [-0.05, 0) is 36.6 Å². The van der Waals surface area contributed by atoms with Crippen molar-refractivity contribution in [2.45, 2.75) is 6.92 Å². The fourth-order valence-corrected chi connectivity index (χ4v) is 3.73. The van der Waals surface area contributed by atoms with E-state index in [0.29, 0.717) is 5.02 Å². The molecule has 0 unspecified atom stereocenters. The second-order valence-corrected chi connectivity index (χ2v) is 6.88. The Morgan fingerprint density at radius 1 is 0.885 bits per heavy atom. The van der Waals surface area contributed by atoms with Gasteiger partial charge in [0.25, 0.3) is 0 Å². The quantitative estimate of drug-likeness (QED) is 0.373. The summed E-state index contributed by atoms with van der Waals surface area (Å²) in [7, 11) is 0. The number of hydrogen-bond acceptors (Lipinski definition) is 2. The van der Waals surface area contributed by atoms with Gasteiger partial charge in [0.1, 0.15) is 11.5 Å². The minimum atomic E-state index is 0.684. The third-order valence-corrected chi connectivity index (χ3v) is 5.08. The Morgan fingerprint density at radius 2 is 1.65 bits per heavy atom. The lowest BCUT2D eigenvalue weighted by atomic mass is 10.0. The van der Waals surface area contributed by atoms with E-state index in [4.69, 9.17) is 16.6 Å². The molecular formula is C22H16ClN3. The summed E-state index contributed by atoms with van der Waals surface area (Å²) in [5.74, 6) is 0.896. The predicted molar refractivity (Wildman–Crippen MR) is 110 cm³/mol. The number of benzene rings is 3. The van der Waals surface area contributed by atoms with Crippen LogP contribution in [-0.4, -0.2) is 9.38 Å². The van der Waals surface area contributed by atoms with Crippen LogP contribution in [0.15, 0.2) is 72.9 Å². The first-order chi connectivity index (χ1) is 12.7. The van der Waals surface area contributed by atoms with Crippen molar-refractivity contribution in [3.8, 4) is 0 Å². The number of nitrogens with one attached hydrogen (secondary N) is 1. The first-order valence-corrected chi connectivity index (χ1v) is 8.90. The molecule has 0 spiro atoms. The van der Waals surface area contributed by atoms with E-state index < -0.39 is 0 Å². The fraction of sp³-hybridized carbons (Fsp3) is 0.0455. The van der Waals surface area contributed by atoms with Gasteiger partial charge in [0.15, 0.2) is 0 Å². The average molecular weight is 358 g/mol. The predicted octanol–water partition coefficient (Wildman–Crippen LogP) is 6.35. The van der Waals surface area contributed by atoms with Crippen molar-refractivity contribution >= 4 is 50.4 Å². The smallest absolute Gasteiger partial charge is 0.146 e. The first-order valence-electron chi connectivity index (χ1n) is 8.52. The van der Waals surface area contributed by atoms with Crippen molar-refractivity contribution in [3.05, 3.63) is 83.5 Å². The van der Waals surface area contributed by atoms with Gasteiger partial charge in [0.2, 0.25) is 0 Å². The van der Waals surface area contributed by atoms with Gasteiger partial charge < -0.3 is 5.32 Å². The van der Waals surface area contributed by atoms with Gasteiger partial charge in [0, 0.05) is 10.8 Å². The molecule has 5 rings (SSSR count). The molecule has 1 N–H and O–H groups in total. The van der Waals surface area contributed by atoms with E-state index in [1.807, 2.05) is 30.5 Å². The summed E-state index contributed by atoms with van der Waals surface area (Å²) in [5, 5.41) is 7.69. The summed E-state index contributed by atoms with van der Waals surface area (Å²) in [4.78, 5) is 4.70. The van der Waals surface area contributed by atoms with Crippen LogP contribution >= 0.6 is 11.6 Å². The molecule has 3 aromatic carbocycles. The molecule has 26 heavy (non-hydrogen) atoms. The second kappa shape index (κ2) is 5.75. The van der Waals surface area contributed by atoms with E-state index >= 15 is 0 Å². The lowest BCUT2D eigenvalue weighted by Gasteiger charge is -2.13. The molecule has 3 nitrogen and oxygen atoms in total. The maximum absolute atomic E-state index is 6.33. The van der Waals surface area contributed by atoms with Gasteiger partial charge in [-0.15, -0.1) is 0 Å². The van der Waals surface area contributed by atoms with E-state index in [1.54, 1.807) is 0 Å². The number of fused-ring (bicyclic) bond motifs is 6. The second-order valence-electron chi connectivity index (χ2n) is 6.47. The summed E-state index contributed by atoms with van der Waals surface area (Å²) >= 11 is 6.33. The molecular weight excluding hydrogens is 342 g/mol. The number of rotatable bonds is 2. The average Bonchev–Trinajstić information content (AvgIpc) is 3.08. The van der Waals surface area contributed by atoms with Gasteiger partial charge in [-0.3, -0.25) is 4.40 Å². The molecule has 0 atom stereocenters. The Morgan fingerprint density at radius 3 is 2.50 bits per heavy atom. The van der Waals surface area contributed by atoms with E-state index in [2.05, 4.69) is 59.1 Å². The zero-order valence-corrected chi connectivity index (χ0v) is 15.0. The van der Waals surface area contributed by atoms with Crippen LogP contribution in [0.1, 0.15) is 5.56 Å². The molecule has 0 saturated heterocycles. The molecule has 5 aromatic rings. The monoisotopic (exact) mass is 357 g/mol. The molecule has 0 aliphatic heterocycles. The lowest BCUT2D eigenvalue weighted by molar-refractivity contribution is 1.26. The summed E-state index contributed by atoms with van der Waals surface area (Å²) in [6.45, 7) is 2.12. The molecule has 0 fully saturated rings. The summed E-state index contributed by atoms with van der Waals surface area (Å²) < 4.78 is 2.17. The molecule has 0 aliphatic rings. The maximum Gasteiger partial charge on any atom is 0.146 e. The van der Waals surface area contributed by atoms with Crippen molar-refractivity contribution in [1.29, 1.82) is 0 Å². The summed E-state index contributed by atoms with van der Waals surface area (Å²) in [5.41, 5.74) is 4.16. The summed E-state index contributed by atoms with van der Waals surface area (Å²) in [6, 6.07) is 22.7. The van der Waals surface area contributed by atoms with Crippen LogP contribution in [0.4, 0.5) is 11.5 Å². The zero-order chi connectivity index (χ0) is 17.7. The molecule has 0 saturated carbocycles. The van der Waals surface area contributed by atoms with Crippen molar-refractivity contribution in [2.75, 3.05) is 5.32 Å². The Balaban J connectivity index is 1.87. The van der Waals surface area contributed by atoms with Crippen LogP contribution in [0, 0.1) is 6.92 Å². The number of aryl methyl sites for hydroxylation is 1. The number of halogens is 1. The van der Waals surface area contributed by atoms with Crippen molar-refractivity contribution in [2.24, 2.45) is 0 Å². The van der Waals surface area contributed by atoms with Crippen LogP contribution in [0.5, 0.6) is 0 Å². The van der Waals surface area contributed by atoms with Crippen LogP contribution in [0.25, 0.3) is 27.3 Å². The van der Waals surface area contributed by atoms with Crippen LogP contribution in [0.3, 0.4) is 0 Å². The number of para-hydroxylation sites is 1. The molecule has 2 aromatic heterocycles. The van der Waals surface area contributed by atoms with Crippen LogP contribution in [0.2, 0.25) is 5.02 Å². The Labute approximate surface area is 155 Å². The zero-order valence-electron chi connectivity index (χ0n) is 14.2. The molecule has 4 heteroatoms. The molecule has 0 amide bonds. The number of nitrogens with zero attached hydrogens (tertiary/aromatic N) is 2. The normalized spacial score (nSPS) is 11.5. The molecule has 126 valence electrons. The lowest BCUT2D eigenvalue weighted by Crippen LogP contribution is -1.98. The minimum absolute atomic E-state index is 0.684. The molecule has 2 heterocycles. The number of anilines is 2. The highest BCUT2D eigenvalue weighted by atomic mass is 35.5. The molecule has 0 aliphatic carbocycles. The standard InChI is InChI=1S/C22H16ClN3/c1-14-10-11-20-17(12-14)15-6-2-3-7-16(15)22-24-13-21(26(20)22)25-19-9-5-4-8-18(19)23/h2-13,25H,1H3. The largest absolute Gasteiger partial charge is 0.339 e.